The van der Waals surface area contributed by atoms with E-state index in [1.165, 1.54) is 13.8 Å². The molecule has 1 aromatic rings. The molecule has 0 saturated carbocycles. The second-order valence-corrected chi connectivity index (χ2v) is 11.3. The number of carbonyl (C=O) groups excluding carboxylic acids is 2. The van der Waals surface area contributed by atoms with Crippen molar-refractivity contribution in [2.24, 2.45) is 0 Å². The number of nitrogens with one attached hydrogen (secondary N) is 1. The lowest BCUT2D eigenvalue weighted by atomic mass is 9.91. The van der Waals surface area contributed by atoms with E-state index >= 15 is 0 Å². The summed E-state index contributed by atoms with van der Waals surface area (Å²) in [5.41, 5.74) is 3.38. The molecule has 1 N–H and O–H groups in total. The number of amides is 1. The number of carbonyl (C=O) groups is 2. The Morgan fingerprint density at radius 1 is 1.29 bits per heavy atom. The van der Waals surface area contributed by atoms with Crippen molar-refractivity contribution in [2.75, 3.05) is 13.2 Å². The fraction of sp³-hybridized carbons (Fsp3) is 0.556. The predicted octanol–water partition coefficient (Wildman–Crippen LogP) is 1.15. The van der Waals surface area contributed by atoms with Crippen molar-refractivity contribution in [3.05, 3.63) is 35.9 Å². The summed E-state index contributed by atoms with van der Waals surface area (Å²) in [5, 5.41) is -1.18. The first kappa shape index (κ1) is 21.2. The summed E-state index contributed by atoms with van der Waals surface area (Å²) in [5.74, 6) is -1.22. The van der Waals surface area contributed by atoms with Gasteiger partial charge in [0.25, 0.3) is 0 Å². The van der Waals surface area contributed by atoms with E-state index in [4.69, 9.17) is 9.57 Å². The normalized spacial score (nSPS) is 29.9. The van der Waals surface area contributed by atoms with Crippen molar-refractivity contribution in [1.29, 1.82) is 0 Å². The van der Waals surface area contributed by atoms with Crippen LogP contribution in [-0.4, -0.2) is 58.8 Å². The van der Waals surface area contributed by atoms with Gasteiger partial charge in [-0.15, -0.1) is 0 Å². The van der Waals surface area contributed by atoms with Gasteiger partial charge in [0, 0.05) is 6.54 Å². The molecule has 8 nitrogen and oxygen atoms in total. The Morgan fingerprint density at radius 3 is 2.54 bits per heavy atom. The first-order chi connectivity index (χ1) is 13.1. The molecular weight excluding hydrogens is 452 g/mol. The molecule has 28 heavy (non-hydrogen) atoms. The quantitative estimate of drug-likeness (QED) is 0.208. The first-order valence-electron chi connectivity index (χ1n) is 8.89. The molecule has 3 rings (SSSR count). The van der Waals surface area contributed by atoms with Gasteiger partial charge in [0.15, 0.2) is 19.5 Å². The second kappa shape index (κ2) is 7.40. The number of hydroxylamine groups is 1. The van der Waals surface area contributed by atoms with E-state index in [1.807, 2.05) is 18.2 Å². The topological polar surface area (TPSA) is 102 Å². The lowest BCUT2D eigenvalue weighted by Gasteiger charge is -2.48. The summed E-state index contributed by atoms with van der Waals surface area (Å²) >= 11 is 3.29. The predicted molar refractivity (Wildman–Crippen MR) is 105 cm³/mol. The molecule has 1 aromatic carbocycles. The maximum atomic E-state index is 13.2. The van der Waals surface area contributed by atoms with Crippen LogP contribution in [0, 0.1) is 0 Å². The monoisotopic (exact) mass is 474 g/mol. The van der Waals surface area contributed by atoms with Crippen molar-refractivity contribution >= 4 is 37.6 Å². The standard InChI is InChI=1S/C18H23BrN2O6S/c1-4-27-20-11-18(19)15(23)21-13(17(2,3)28(24,25)16(18)21)14(22)26-10-12-8-6-5-7-9-12/h5-9,13,16,20H,4,10-11H2,1-3H3/t13-,16+,18+/m0/s1. The number of β-lactam (4-membered cyclic amide) rings is 1. The number of halogens is 1. The lowest BCUT2D eigenvalue weighted by Crippen LogP contribution is -2.75. The minimum atomic E-state index is -3.86. The lowest BCUT2D eigenvalue weighted by molar-refractivity contribution is -0.165. The molecular formula is C18H23BrN2O6S. The van der Waals surface area contributed by atoms with Crippen LogP contribution in [0.2, 0.25) is 0 Å². The van der Waals surface area contributed by atoms with Crippen LogP contribution >= 0.6 is 15.9 Å². The molecule has 0 aromatic heterocycles. The highest BCUT2D eigenvalue weighted by Crippen LogP contribution is 2.53. The van der Waals surface area contributed by atoms with Crippen molar-refractivity contribution in [3.8, 4) is 0 Å². The van der Waals surface area contributed by atoms with Gasteiger partial charge < -0.3 is 14.5 Å². The molecule has 2 fully saturated rings. The molecule has 2 saturated heterocycles. The van der Waals surface area contributed by atoms with Crippen LogP contribution in [0.4, 0.5) is 0 Å². The number of hydrogen-bond donors (Lipinski definition) is 1. The highest BCUT2D eigenvalue weighted by Gasteiger charge is 2.77. The third-order valence-corrected chi connectivity index (χ3v) is 9.48. The van der Waals surface area contributed by atoms with Crippen LogP contribution in [0.15, 0.2) is 30.3 Å². The number of nitrogens with zero attached hydrogens (tertiary/aromatic N) is 1. The van der Waals surface area contributed by atoms with Crippen LogP contribution in [-0.2, 0) is 35.6 Å². The summed E-state index contributed by atoms with van der Waals surface area (Å²) in [4.78, 5) is 31.8. The van der Waals surface area contributed by atoms with Gasteiger partial charge in [0.05, 0.1) is 6.61 Å². The summed E-state index contributed by atoms with van der Waals surface area (Å²) in [6, 6.07) is 7.85. The van der Waals surface area contributed by atoms with E-state index in [-0.39, 0.29) is 13.2 Å². The molecule has 2 aliphatic heterocycles. The average molecular weight is 475 g/mol. The van der Waals surface area contributed by atoms with E-state index in [1.54, 1.807) is 19.1 Å². The van der Waals surface area contributed by atoms with Crippen molar-refractivity contribution < 1.29 is 27.6 Å². The number of fused-ring (bicyclic) bond motifs is 1. The Hall–Kier alpha value is -1.49. The van der Waals surface area contributed by atoms with E-state index in [0.717, 1.165) is 10.5 Å². The average Bonchev–Trinajstić information content (AvgIpc) is 2.81. The minimum Gasteiger partial charge on any atom is -0.459 e. The van der Waals surface area contributed by atoms with E-state index < -0.39 is 42.2 Å². The van der Waals surface area contributed by atoms with Gasteiger partial charge in [0.1, 0.15) is 17.4 Å². The van der Waals surface area contributed by atoms with Crippen LogP contribution < -0.4 is 5.48 Å². The highest BCUT2D eigenvalue weighted by atomic mass is 79.9. The second-order valence-electron chi connectivity index (χ2n) is 7.33. The summed E-state index contributed by atoms with van der Waals surface area (Å²) in [6.07, 6.45) is 0. The summed E-state index contributed by atoms with van der Waals surface area (Å²) in [6.45, 7) is 4.99. The molecule has 2 heterocycles. The van der Waals surface area contributed by atoms with E-state index in [0.29, 0.717) is 6.61 Å². The molecule has 1 amide bonds. The fourth-order valence-corrected chi connectivity index (χ4v) is 7.20. The summed E-state index contributed by atoms with van der Waals surface area (Å²) < 4.78 is 28.8. The number of esters is 1. The van der Waals surface area contributed by atoms with Crippen molar-refractivity contribution in [3.63, 3.8) is 0 Å². The zero-order valence-corrected chi connectivity index (χ0v) is 18.2. The van der Waals surface area contributed by atoms with E-state index in [9.17, 15) is 18.0 Å². The van der Waals surface area contributed by atoms with Crippen LogP contribution in [0.1, 0.15) is 26.3 Å². The number of benzene rings is 1. The molecule has 154 valence electrons. The molecule has 0 bridgehead atoms. The first-order valence-corrected chi connectivity index (χ1v) is 11.2. The van der Waals surface area contributed by atoms with Gasteiger partial charge in [-0.1, -0.05) is 46.3 Å². The van der Waals surface area contributed by atoms with Gasteiger partial charge >= 0.3 is 5.97 Å². The van der Waals surface area contributed by atoms with Crippen LogP contribution in [0.25, 0.3) is 0 Å². The number of rotatable bonds is 7. The largest absolute Gasteiger partial charge is 0.459 e. The maximum absolute atomic E-state index is 13.2. The number of alkyl halides is 1. The Morgan fingerprint density at radius 2 is 1.93 bits per heavy atom. The smallest absolute Gasteiger partial charge is 0.330 e. The van der Waals surface area contributed by atoms with Gasteiger partial charge in [-0.3, -0.25) is 4.79 Å². The van der Waals surface area contributed by atoms with E-state index in [2.05, 4.69) is 21.4 Å². The number of hydrogen-bond acceptors (Lipinski definition) is 7. The molecule has 0 spiro atoms. The Bertz CT molecular complexity index is 875. The van der Waals surface area contributed by atoms with Gasteiger partial charge in [-0.2, -0.15) is 0 Å². The van der Waals surface area contributed by atoms with Crippen LogP contribution in [0.5, 0.6) is 0 Å². The van der Waals surface area contributed by atoms with Crippen molar-refractivity contribution in [2.45, 2.75) is 47.9 Å². The molecule has 0 unspecified atom stereocenters. The van der Waals surface area contributed by atoms with Gasteiger partial charge in [0.2, 0.25) is 5.91 Å². The fourth-order valence-electron chi connectivity index (χ4n) is 3.63. The SMILES string of the molecule is CCONC[C@@]1(Br)C(=O)N2[C@@H](C(=O)OCc3ccccc3)C(C)(C)S(=O)(=O)[C@@H]21. The van der Waals surface area contributed by atoms with Crippen LogP contribution in [0.3, 0.4) is 0 Å². The third-order valence-electron chi connectivity index (χ3n) is 5.22. The Kier molecular flexibility index (Phi) is 5.61. The molecule has 2 aliphatic rings. The molecule has 0 aliphatic carbocycles. The van der Waals surface area contributed by atoms with Gasteiger partial charge in [-0.05, 0) is 26.3 Å². The van der Waals surface area contributed by atoms with Gasteiger partial charge in [-0.25, -0.2) is 18.7 Å². The minimum absolute atomic E-state index is 0.00431. The zero-order chi connectivity index (χ0) is 20.7. The molecule has 3 atom stereocenters. The molecule has 0 radical (unpaired) electrons. The summed E-state index contributed by atoms with van der Waals surface area (Å²) in [7, 11) is -3.86. The third kappa shape index (κ3) is 3.06. The maximum Gasteiger partial charge on any atom is 0.330 e. The Balaban J connectivity index is 1.83. The molecule has 10 heteroatoms. The highest BCUT2D eigenvalue weighted by molar-refractivity contribution is 9.10. The zero-order valence-electron chi connectivity index (χ0n) is 15.8. The number of sulfone groups is 1. The van der Waals surface area contributed by atoms with Crippen molar-refractivity contribution in [1.82, 2.24) is 10.4 Å². The number of ether oxygens (including phenoxy) is 1. The Labute approximate surface area is 172 Å².